The Morgan fingerprint density at radius 1 is 1.18 bits per heavy atom. The third kappa shape index (κ3) is 4.30. The van der Waals surface area contributed by atoms with Crippen LogP contribution < -0.4 is 15.6 Å². The molecule has 0 saturated carbocycles. The number of para-hydroxylation sites is 1. The lowest BCUT2D eigenvalue weighted by Gasteiger charge is -2.17. The molecular weight excluding hydrogens is 421 g/mol. The molecule has 2 aromatic carbocycles. The predicted octanol–water partition coefficient (Wildman–Crippen LogP) is 5.84. The molecule has 6 nitrogen and oxygen atoms in total. The summed E-state index contributed by atoms with van der Waals surface area (Å²) in [6.45, 7) is 7.37. The molecule has 1 amide bonds. The van der Waals surface area contributed by atoms with Gasteiger partial charge in [-0.25, -0.2) is 4.39 Å². The summed E-state index contributed by atoms with van der Waals surface area (Å²) in [5.41, 5.74) is 3.46. The summed E-state index contributed by atoms with van der Waals surface area (Å²) in [6, 6.07) is 11.0. The SMILES string of the molecule is C.C=CC(=O)Nc1ccc(Oc2c(C)cccc2C)c(-c2cn(C)c(=O)c3c(F)c[nH]c23)c1. The molecule has 0 radical (unpaired) electrons. The maximum absolute atomic E-state index is 14.4. The van der Waals surface area contributed by atoms with Gasteiger partial charge in [-0.1, -0.05) is 32.2 Å². The molecule has 0 aliphatic carbocycles. The smallest absolute Gasteiger partial charge is 0.262 e. The number of aromatic amines is 1. The highest BCUT2D eigenvalue weighted by Gasteiger charge is 2.19. The van der Waals surface area contributed by atoms with Crippen LogP contribution in [0, 0.1) is 19.7 Å². The van der Waals surface area contributed by atoms with Crippen molar-refractivity contribution in [1.82, 2.24) is 9.55 Å². The molecule has 0 saturated heterocycles. The van der Waals surface area contributed by atoms with E-state index in [1.165, 1.54) is 10.6 Å². The number of aryl methyl sites for hydroxylation is 3. The lowest BCUT2D eigenvalue weighted by molar-refractivity contribution is -0.111. The summed E-state index contributed by atoms with van der Waals surface area (Å²) in [7, 11) is 1.56. The second kappa shape index (κ2) is 9.16. The van der Waals surface area contributed by atoms with Gasteiger partial charge >= 0.3 is 0 Å². The number of rotatable bonds is 5. The zero-order valence-corrected chi connectivity index (χ0v) is 18.0. The normalized spacial score (nSPS) is 10.5. The van der Waals surface area contributed by atoms with Gasteiger partial charge in [-0.3, -0.25) is 9.59 Å². The number of benzene rings is 2. The molecule has 4 aromatic rings. The van der Waals surface area contributed by atoms with Crippen LogP contribution in [0.3, 0.4) is 0 Å². The van der Waals surface area contributed by atoms with Crippen molar-refractivity contribution >= 4 is 22.5 Å². The fourth-order valence-electron chi connectivity index (χ4n) is 3.69. The molecule has 0 fully saturated rings. The van der Waals surface area contributed by atoms with Gasteiger partial charge in [0.15, 0.2) is 5.82 Å². The van der Waals surface area contributed by atoms with Gasteiger partial charge in [-0.05, 0) is 49.2 Å². The number of ether oxygens (including phenoxy) is 1. The number of anilines is 1. The number of H-pyrrole nitrogens is 1. The molecule has 0 atom stereocenters. The zero-order chi connectivity index (χ0) is 23.0. The van der Waals surface area contributed by atoms with Crippen molar-refractivity contribution in [2.75, 3.05) is 5.32 Å². The average Bonchev–Trinajstić information content (AvgIpc) is 3.16. The lowest BCUT2D eigenvalue weighted by atomic mass is 10.0. The van der Waals surface area contributed by atoms with E-state index in [1.807, 2.05) is 32.0 Å². The Morgan fingerprint density at radius 2 is 1.88 bits per heavy atom. The van der Waals surface area contributed by atoms with Crippen LogP contribution in [0.25, 0.3) is 22.0 Å². The van der Waals surface area contributed by atoms with Crippen molar-refractivity contribution in [3.05, 3.63) is 88.7 Å². The first-order valence-corrected chi connectivity index (χ1v) is 9.98. The van der Waals surface area contributed by atoms with E-state index >= 15 is 0 Å². The van der Waals surface area contributed by atoms with Crippen molar-refractivity contribution in [3.8, 4) is 22.6 Å². The fraction of sp³-hybridized carbons (Fsp3) is 0.154. The summed E-state index contributed by atoms with van der Waals surface area (Å²) in [5, 5.41) is 2.69. The zero-order valence-electron chi connectivity index (χ0n) is 18.0. The first-order chi connectivity index (χ1) is 15.3. The van der Waals surface area contributed by atoms with E-state index in [0.717, 1.165) is 17.3 Å². The van der Waals surface area contributed by atoms with Crippen LogP contribution in [-0.4, -0.2) is 15.5 Å². The van der Waals surface area contributed by atoms with Gasteiger partial charge in [0.25, 0.3) is 5.56 Å². The topological polar surface area (TPSA) is 76.1 Å². The van der Waals surface area contributed by atoms with Crippen molar-refractivity contribution in [3.63, 3.8) is 0 Å². The number of hydrogen-bond donors (Lipinski definition) is 2. The van der Waals surface area contributed by atoms with Gasteiger partial charge in [0.2, 0.25) is 5.91 Å². The number of halogens is 1. The van der Waals surface area contributed by atoms with E-state index in [9.17, 15) is 14.0 Å². The molecular formula is C26H26FN3O3. The molecule has 0 unspecified atom stereocenters. The minimum atomic E-state index is -0.629. The molecule has 2 heterocycles. The Balaban J connectivity index is 0.00000306. The van der Waals surface area contributed by atoms with E-state index in [1.54, 1.807) is 31.4 Å². The Hall–Kier alpha value is -4.13. The largest absolute Gasteiger partial charge is 0.456 e. The molecule has 2 N–H and O–H groups in total. The summed E-state index contributed by atoms with van der Waals surface area (Å²) in [6.07, 6.45) is 3.95. The van der Waals surface area contributed by atoms with Gasteiger partial charge in [0.1, 0.15) is 16.9 Å². The minimum absolute atomic E-state index is 0. The van der Waals surface area contributed by atoms with E-state index < -0.39 is 11.4 Å². The van der Waals surface area contributed by atoms with Crippen molar-refractivity contribution in [1.29, 1.82) is 0 Å². The average molecular weight is 448 g/mol. The number of pyridine rings is 1. The maximum Gasteiger partial charge on any atom is 0.262 e. The number of carbonyl (C=O) groups excluding carboxylic acids is 1. The van der Waals surface area contributed by atoms with Crippen molar-refractivity contribution in [2.45, 2.75) is 21.3 Å². The highest BCUT2D eigenvalue weighted by Crippen LogP contribution is 2.39. The molecule has 4 rings (SSSR count). The Kier molecular flexibility index (Phi) is 6.53. The second-order valence-corrected chi connectivity index (χ2v) is 7.57. The number of amides is 1. The van der Waals surface area contributed by atoms with E-state index in [2.05, 4.69) is 16.9 Å². The van der Waals surface area contributed by atoms with Crippen LogP contribution in [0.1, 0.15) is 18.6 Å². The van der Waals surface area contributed by atoms with Crippen LogP contribution in [0.2, 0.25) is 0 Å². The molecule has 0 aliphatic heterocycles. The van der Waals surface area contributed by atoms with Gasteiger partial charge in [-0.15, -0.1) is 0 Å². The number of fused-ring (bicyclic) bond motifs is 1. The first-order valence-electron chi connectivity index (χ1n) is 9.98. The summed E-state index contributed by atoms with van der Waals surface area (Å²) < 4.78 is 22.0. The van der Waals surface area contributed by atoms with Crippen LogP contribution in [0.5, 0.6) is 11.5 Å². The van der Waals surface area contributed by atoms with Gasteiger partial charge < -0.3 is 19.6 Å². The highest BCUT2D eigenvalue weighted by molar-refractivity contribution is 6.01. The first kappa shape index (κ1) is 23.5. The second-order valence-electron chi connectivity index (χ2n) is 7.57. The number of hydrogen-bond acceptors (Lipinski definition) is 3. The van der Waals surface area contributed by atoms with E-state index in [0.29, 0.717) is 33.8 Å². The van der Waals surface area contributed by atoms with Gasteiger partial charge in [0.05, 0.1) is 5.52 Å². The Bertz CT molecular complexity index is 1410. The number of carbonyl (C=O) groups is 1. The van der Waals surface area contributed by atoms with E-state index in [4.69, 9.17) is 4.74 Å². The number of aromatic nitrogens is 2. The molecule has 2 aromatic heterocycles. The predicted molar refractivity (Wildman–Crippen MR) is 130 cm³/mol. The molecule has 0 bridgehead atoms. The van der Waals surface area contributed by atoms with Crippen LogP contribution in [-0.2, 0) is 11.8 Å². The van der Waals surface area contributed by atoms with E-state index in [-0.39, 0.29) is 18.7 Å². The van der Waals surface area contributed by atoms with Crippen LogP contribution in [0.15, 0.2) is 66.2 Å². The number of nitrogens with one attached hydrogen (secondary N) is 2. The van der Waals surface area contributed by atoms with Gasteiger partial charge in [-0.2, -0.15) is 0 Å². The van der Waals surface area contributed by atoms with Crippen molar-refractivity contribution < 1.29 is 13.9 Å². The summed E-state index contributed by atoms with van der Waals surface area (Å²) >= 11 is 0. The maximum atomic E-state index is 14.4. The third-order valence-electron chi connectivity index (χ3n) is 5.30. The fourth-order valence-corrected chi connectivity index (χ4v) is 3.69. The monoisotopic (exact) mass is 447 g/mol. The molecule has 0 aliphatic rings. The number of nitrogens with zero attached hydrogens (tertiary/aromatic N) is 1. The lowest BCUT2D eigenvalue weighted by Crippen LogP contribution is -2.17. The molecule has 7 heteroatoms. The summed E-state index contributed by atoms with van der Waals surface area (Å²) in [4.78, 5) is 27.2. The highest BCUT2D eigenvalue weighted by atomic mass is 19.1. The molecule has 33 heavy (non-hydrogen) atoms. The quantitative estimate of drug-likeness (QED) is 0.377. The standard InChI is InChI=1S/C25H22FN3O3.CH4/c1-5-21(30)28-16-9-10-20(32-24-14(2)7-6-8-15(24)3)17(11-16)18-13-29(4)25(31)22-19(26)12-27-23(18)22;/h5-13,27H,1H2,2-4H3,(H,28,30);1H4. The Morgan fingerprint density at radius 3 is 2.55 bits per heavy atom. The van der Waals surface area contributed by atoms with Crippen LogP contribution in [0.4, 0.5) is 10.1 Å². The summed E-state index contributed by atoms with van der Waals surface area (Å²) in [5.74, 6) is 0.205. The van der Waals surface area contributed by atoms with Gasteiger partial charge in [0, 0.05) is 36.3 Å². The van der Waals surface area contributed by atoms with Crippen LogP contribution >= 0.6 is 0 Å². The molecule has 0 spiro atoms. The Labute approximate surface area is 191 Å². The third-order valence-corrected chi connectivity index (χ3v) is 5.30. The van der Waals surface area contributed by atoms with Crippen molar-refractivity contribution in [2.24, 2.45) is 7.05 Å². The minimum Gasteiger partial charge on any atom is -0.456 e. The molecule has 170 valence electrons.